The first-order valence-electron chi connectivity index (χ1n) is 11.1. The van der Waals surface area contributed by atoms with Crippen LogP contribution in [0.1, 0.15) is 5.56 Å². The standard InChI is InChI=1S/C29H22ClIN2O2/c1-34-25-17-22(16-24(31)28(25)35-18-19-12-14-23(30)15-13-19)29-32-26(20-8-4-2-5-9-20)27(33-29)21-10-6-3-7-11-21/h2-17H,18H2,1H3,(H,32,33). The fraction of sp³-hybridized carbons (Fsp3) is 0.0690. The molecule has 0 aliphatic carbocycles. The minimum Gasteiger partial charge on any atom is -0.493 e. The number of methoxy groups -OCH3 is 1. The van der Waals surface area contributed by atoms with Gasteiger partial charge in [0.15, 0.2) is 11.5 Å². The molecule has 0 amide bonds. The summed E-state index contributed by atoms with van der Waals surface area (Å²) in [7, 11) is 1.65. The summed E-state index contributed by atoms with van der Waals surface area (Å²) in [5, 5.41) is 0.702. The molecular formula is C29H22ClIN2O2. The normalized spacial score (nSPS) is 10.8. The van der Waals surface area contributed by atoms with Gasteiger partial charge in [-0.2, -0.15) is 0 Å². The monoisotopic (exact) mass is 592 g/mol. The smallest absolute Gasteiger partial charge is 0.174 e. The van der Waals surface area contributed by atoms with Crippen molar-refractivity contribution in [1.29, 1.82) is 0 Å². The first-order chi connectivity index (χ1) is 17.1. The molecule has 0 atom stereocenters. The highest BCUT2D eigenvalue weighted by atomic mass is 127. The number of H-pyrrole nitrogens is 1. The van der Waals surface area contributed by atoms with E-state index in [2.05, 4.69) is 57.9 Å². The van der Waals surface area contributed by atoms with E-state index in [1.165, 1.54) is 0 Å². The van der Waals surface area contributed by atoms with Crippen molar-refractivity contribution in [3.05, 3.63) is 111 Å². The van der Waals surface area contributed by atoms with Crippen molar-refractivity contribution in [2.45, 2.75) is 6.61 Å². The lowest BCUT2D eigenvalue weighted by Gasteiger charge is -2.14. The van der Waals surface area contributed by atoms with Crippen LogP contribution in [0.25, 0.3) is 33.9 Å². The largest absolute Gasteiger partial charge is 0.493 e. The van der Waals surface area contributed by atoms with Crippen molar-refractivity contribution in [3.8, 4) is 45.4 Å². The molecule has 6 heteroatoms. The zero-order valence-corrected chi connectivity index (χ0v) is 21.9. The molecule has 35 heavy (non-hydrogen) atoms. The minimum atomic E-state index is 0.417. The Hall–Kier alpha value is -3.29. The Morgan fingerprint density at radius 2 is 1.49 bits per heavy atom. The Balaban J connectivity index is 1.52. The van der Waals surface area contributed by atoms with E-state index in [0.717, 1.165) is 43.0 Å². The molecule has 0 saturated heterocycles. The Bertz CT molecular complexity index is 1380. The molecule has 0 radical (unpaired) electrons. The third kappa shape index (κ3) is 5.21. The average Bonchev–Trinajstić information content (AvgIpc) is 3.35. The van der Waals surface area contributed by atoms with Gasteiger partial charge in [0.1, 0.15) is 12.4 Å². The van der Waals surface area contributed by atoms with Crippen LogP contribution in [-0.4, -0.2) is 17.1 Å². The summed E-state index contributed by atoms with van der Waals surface area (Å²) < 4.78 is 12.8. The van der Waals surface area contributed by atoms with Gasteiger partial charge in [0.25, 0.3) is 0 Å². The second-order valence-electron chi connectivity index (χ2n) is 7.95. The number of benzene rings is 4. The van der Waals surface area contributed by atoms with Gasteiger partial charge in [-0.25, -0.2) is 4.98 Å². The molecule has 4 aromatic carbocycles. The topological polar surface area (TPSA) is 47.1 Å². The second kappa shape index (κ2) is 10.5. The zero-order chi connectivity index (χ0) is 24.2. The van der Waals surface area contributed by atoms with Crippen molar-refractivity contribution in [3.63, 3.8) is 0 Å². The molecule has 1 heterocycles. The molecule has 0 aliphatic rings. The number of imidazole rings is 1. The third-order valence-corrected chi connectivity index (χ3v) is 6.67. The van der Waals surface area contributed by atoms with E-state index >= 15 is 0 Å². The number of nitrogens with zero attached hydrogens (tertiary/aromatic N) is 1. The molecule has 0 spiro atoms. The van der Waals surface area contributed by atoms with Crippen LogP contribution in [0.2, 0.25) is 5.02 Å². The van der Waals surface area contributed by atoms with E-state index in [-0.39, 0.29) is 0 Å². The maximum absolute atomic E-state index is 6.14. The van der Waals surface area contributed by atoms with Gasteiger partial charge in [0, 0.05) is 21.7 Å². The molecule has 174 valence electrons. The van der Waals surface area contributed by atoms with Gasteiger partial charge in [0.05, 0.1) is 22.1 Å². The lowest BCUT2D eigenvalue weighted by Crippen LogP contribution is -2.00. The van der Waals surface area contributed by atoms with Crippen molar-refractivity contribution in [2.24, 2.45) is 0 Å². The lowest BCUT2D eigenvalue weighted by molar-refractivity contribution is 0.282. The van der Waals surface area contributed by atoms with Crippen molar-refractivity contribution in [2.75, 3.05) is 7.11 Å². The molecule has 0 aliphatic heterocycles. The molecular weight excluding hydrogens is 571 g/mol. The summed E-state index contributed by atoms with van der Waals surface area (Å²) in [6.07, 6.45) is 0. The molecule has 1 N–H and O–H groups in total. The Kier molecular flexibility index (Phi) is 7.06. The summed E-state index contributed by atoms with van der Waals surface area (Å²) in [4.78, 5) is 8.56. The molecule has 0 unspecified atom stereocenters. The zero-order valence-electron chi connectivity index (χ0n) is 19.0. The number of hydrogen-bond donors (Lipinski definition) is 1. The van der Waals surface area contributed by atoms with Crippen LogP contribution in [0.5, 0.6) is 11.5 Å². The van der Waals surface area contributed by atoms with E-state index in [0.29, 0.717) is 23.1 Å². The van der Waals surface area contributed by atoms with Crippen LogP contribution < -0.4 is 9.47 Å². The molecule has 5 aromatic rings. The molecule has 4 nitrogen and oxygen atoms in total. The van der Waals surface area contributed by atoms with Gasteiger partial charge in [-0.05, 0) is 52.4 Å². The van der Waals surface area contributed by atoms with Gasteiger partial charge in [-0.15, -0.1) is 0 Å². The number of aromatic nitrogens is 2. The van der Waals surface area contributed by atoms with Gasteiger partial charge in [-0.3, -0.25) is 0 Å². The number of aromatic amines is 1. The molecule has 5 rings (SSSR count). The number of rotatable bonds is 7. The van der Waals surface area contributed by atoms with Crippen LogP contribution in [0.15, 0.2) is 97.1 Å². The Morgan fingerprint density at radius 3 is 2.14 bits per heavy atom. The fourth-order valence-electron chi connectivity index (χ4n) is 3.86. The Morgan fingerprint density at radius 1 is 0.829 bits per heavy atom. The predicted octanol–water partition coefficient (Wildman–Crippen LogP) is 8.26. The maximum Gasteiger partial charge on any atom is 0.174 e. The van der Waals surface area contributed by atoms with Crippen LogP contribution in [-0.2, 0) is 6.61 Å². The van der Waals surface area contributed by atoms with E-state index < -0.39 is 0 Å². The molecule has 0 saturated carbocycles. The highest BCUT2D eigenvalue weighted by Crippen LogP contribution is 2.39. The van der Waals surface area contributed by atoms with E-state index in [9.17, 15) is 0 Å². The van der Waals surface area contributed by atoms with Gasteiger partial charge in [0.2, 0.25) is 0 Å². The van der Waals surface area contributed by atoms with Crippen LogP contribution in [0.4, 0.5) is 0 Å². The van der Waals surface area contributed by atoms with E-state index in [4.69, 9.17) is 26.1 Å². The summed E-state index contributed by atoms with van der Waals surface area (Å²) in [5.74, 6) is 2.12. The maximum atomic E-state index is 6.14. The van der Waals surface area contributed by atoms with E-state index in [1.807, 2.05) is 66.7 Å². The van der Waals surface area contributed by atoms with Crippen molar-refractivity contribution in [1.82, 2.24) is 9.97 Å². The minimum absolute atomic E-state index is 0.417. The second-order valence-corrected chi connectivity index (χ2v) is 9.54. The predicted molar refractivity (Wildman–Crippen MR) is 150 cm³/mol. The average molecular weight is 593 g/mol. The van der Waals surface area contributed by atoms with Gasteiger partial charge >= 0.3 is 0 Å². The first kappa shape index (κ1) is 23.5. The number of hydrogen-bond acceptors (Lipinski definition) is 3. The van der Waals surface area contributed by atoms with Crippen LogP contribution in [0, 0.1) is 3.57 Å². The SMILES string of the molecule is COc1cc(-c2nc(-c3ccccc3)c(-c3ccccc3)[nH]2)cc(I)c1OCc1ccc(Cl)cc1. The Labute approximate surface area is 223 Å². The number of ether oxygens (including phenoxy) is 2. The van der Waals surface area contributed by atoms with E-state index in [1.54, 1.807) is 7.11 Å². The third-order valence-electron chi connectivity index (χ3n) is 5.61. The van der Waals surface area contributed by atoms with Crippen LogP contribution >= 0.6 is 34.2 Å². The number of nitrogens with one attached hydrogen (secondary N) is 1. The molecule has 0 fully saturated rings. The summed E-state index contributed by atoms with van der Waals surface area (Å²) in [6, 6.07) is 32.1. The van der Waals surface area contributed by atoms with Crippen LogP contribution in [0.3, 0.4) is 0 Å². The van der Waals surface area contributed by atoms with Crippen molar-refractivity contribution >= 4 is 34.2 Å². The first-order valence-corrected chi connectivity index (χ1v) is 12.5. The molecule has 0 bridgehead atoms. The molecule has 1 aromatic heterocycles. The van der Waals surface area contributed by atoms with Gasteiger partial charge < -0.3 is 14.5 Å². The summed E-state index contributed by atoms with van der Waals surface area (Å²) in [6.45, 7) is 0.417. The highest BCUT2D eigenvalue weighted by Gasteiger charge is 2.18. The fourth-order valence-corrected chi connectivity index (χ4v) is 4.74. The quantitative estimate of drug-likeness (QED) is 0.194. The number of halogens is 2. The van der Waals surface area contributed by atoms with Crippen molar-refractivity contribution < 1.29 is 9.47 Å². The summed E-state index contributed by atoms with van der Waals surface area (Å²) in [5.41, 5.74) is 5.97. The lowest BCUT2D eigenvalue weighted by atomic mass is 10.1. The summed E-state index contributed by atoms with van der Waals surface area (Å²) >= 11 is 8.28. The van der Waals surface area contributed by atoms with Gasteiger partial charge in [-0.1, -0.05) is 84.4 Å². The highest BCUT2D eigenvalue weighted by molar-refractivity contribution is 14.1.